The van der Waals surface area contributed by atoms with E-state index in [1.54, 1.807) is 13.2 Å². The number of hydrogen-bond acceptors (Lipinski definition) is 5. The van der Waals surface area contributed by atoms with Crippen LogP contribution in [0.5, 0.6) is 0 Å². The second-order valence-corrected chi connectivity index (χ2v) is 4.68. The van der Waals surface area contributed by atoms with Gasteiger partial charge in [-0.2, -0.15) is 0 Å². The first-order valence-electron chi connectivity index (χ1n) is 5.08. The standard InChI is InChI=1S/C10H13N5OS/c1-6(11)7-3-4-8(12-5-7)17-10-14-13-9(16)15(10)2/h3-6H,11H2,1-2H3,(H,13,16)/t6-/m1/s1. The van der Waals surface area contributed by atoms with Gasteiger partial charge in [0.15, 0.2) is 5.16 Å². The minimum atomic E-state index is -0.236. The van der Waals surface area contributed by atoms with Crippen LogP contribution in [0, 0.1) is 0 Å². The zero-order valence-corrected chi connectivity index (χ0v) is 10.4. The lowest BCUT2D eigenvalue weighted by atomic mass is 10.2. The molecule has 2 aromatic heterocycles. The molecular weight excluding hydrogens is 238 g/mol. The van der Waals surface area contributed by atoms with Crippen LogP contribution in [-0.2, 0) is 7.05 Å². The van der Waals surface area contributed by atoms with E-state index in [0.717, 1.165) is 10.6 Å². The molecule has 2 heterocycles. The summed E-state index contributed by atoms with van der Waals surface area (Å²) in [5, 5.41) is 7.62. The fourth-order valence-corrected chi connectivity index (χ4v) is 1.98. The van der Waals surface area contributed by atoms with E-state index >= 15 is 0 Å². The van der Waals surface area contributed by atoms with E-state index in [9.17, 15) is 4.79 Å². The Morgan fingerprint density at radius 1 is 1.53 bits per heavy atom. The molecule has 90 valence electrons. The highest BCUT2D eigenvalue weighted by Crippen LogP contribution is 2.23. The van der Waals surface area contributed by atoms with Crippen LogP contribution >= 0.6 is 11.8 Å². The molecule has 0 radical (unpaired) electrons. The minimum Gasteiger partial charge on any atom is -0.324 e. The van der Waals surface area contributed by atoms with E-state index in [4.69, 9.17) is 5.73 Å². The predicted octanol–water partition coefficient (Wildman–Crippen LogP) is 0.674. The van der Waals surface area contributed by atoms with Crippen molar-refractivity contribution in [3.8, 4) is 0 Å². The zero-order valence-electron chi connectivity index (χ0n) is 9.54. The molecule has 2 aromatic rings. The van der Waals surface area contributed by atoms with Gasteiger partial charge >= 0.3 is 5.69 Å². The first-order valence-corrected chi connectivity index (χ1v) is 5.90. The molecule has 0 aromatic carbocycles. The number of aromatic amines is 1. The summed E-state index contributed by atoms with van der Waals surface area (Å²) in [6.45, 7) is 1.90. The average molecular weight is 251 g/mol. The van der Waals surface area contributed by atoms with Gasteiger partial charge in [0.1, 0.15) is 5.03 Å². The van der Waals surface area contributed by atoms with Crippen molar-refractivity contribution in [2.24, 2.45) is 12.8 Å². The van der Waals surface area contributed by atoms with Crippen LogP contribution in [-0.4, -0.2) is 19.7 Å². The molecular formula is C10H13N5OS. The van der Waals surface area contributed by atoms with Crippen LogP contribution < -0.4 is 11.4 Å². The van der Waals surface area contributed by atoms with Crippen LogP contribution in [0.4, 0.5) is 0 Å². The second-order valence-electron chi connectivity index (χ2n) is 3.69. The van der Waals surface area contributed by atoms with Crippen LogP contribution in [0.15, 0.2) is 33.3 Å². The Labute approximate surface area is 102 Å². The molecule has 0 aliphatic carbocycles. The van der Waals surface area contributed by atoms with Gasteiger partial charge in [0, 0.05) is 19.3 Å². The summed E-state index contributed by atoms with van der Waals surface area (Å²) in [5.74, 6) is 0. The van der Waals surface area contributed by atoms with Crippen LogP contribution in [0.25, 0.3) is 0 Å². The third kappa shape index (κ3) is 2.56. The number of rotatable bonds is 3. The quantitative estimate of drug-likeness (QED) is 0.837. The summed E-state index contributed by atoms with van der Waals surface area (Å²) < 4.78 is 1.44. The summed E-state index contributed by atoms with van der Waals surface area (Å²) in [6, 6.07) is 3.75. The van der Waals surface area contributed by atoms with Crippen molar-refractivity contribution in [1.29, 1.82) is 0 Å². The average Bonchev–Trinajstić information content (AvgIpc) is 2.62. The van der Waals surface area contributed by atoms with Gasteiger partial charge in [-0.25, -0.2) is 14.9 Å². The molecule has 6 nitrogen and oxygen atoms in total. The van der Waals surface area contributed by atoms with Gasteiger partial charge in [-0.1, -0.05) is 6.07 Å². The monoisotopic (exact) mass is 251 g/mol. The van der Waals surface area contributed by atoms with Crippen molar-refractivity contribution in [2.45, 2.75) is 23.1 Å². The summed E-state index contributed by atoms with van der Waals surface area (Å²) in [5.41, 5.74) is 6.47. The van der Waals surface area contributed by atoms with Crippen LogP contribution in [0.3, 0.4) is 0 Å². The van der Waals surface area contributed by atoms with Gasteiger partial charge in [-0.15, -0.1) is 5.10 Å². The summed E-state index contributed by atoms with van der Waals surface area (Å²) in [4.78, 5) is 15.4. The van der Waals surface area contributed by atoms with E-state index in [1.807, 2.05) is 19.1 Å². The molecule has 0 saturated heterocycles. The number of nitrogens with one attached hydrogen (secondary N) is 1. The van der Waals surface area contributed by atoms with E-state index in [2.05, 4.69) is 15.2 Å². The molecule has 0 spiro atoms. The van der Waals surface area contributed by atoms with Gasteiger partial charge in [-0.3, -0.25) is 4.57 Å². The normalized spacial score (nSPS) is 12.6. The van der Waals surface area contributed by atoms with Crippen molar-refractivity contribution in [1.82, 2.24) is 19.7 Å². The number of aromatic nitrogens is 4. The highest BCUT2D eigenvalue weighted by atomic mass is 32.2. The molecule has 1 atom stereocenters. The van der Waals surface area contributed by atoms with Crippen LogP contribution in [0.1, 0.15) is 18.5 Å². The Morgan fingerprint density at radius 3 is 2.76 bits per heavy atom. The number of pyridine rings is 1. The Balaban J connectivity index is 2.19. The van der Waals surface area contributed by atoms with E-state index in [0.29, 0.717) is 5.16 Å². The predicted molar refractivity (Wildman–Crippen MR) is 64.8 cm³/mol. The lowest BCUT2D eigenvalue weighted by Gasteiger charge is -2.05. The fraction of sp³-hybridized carbons (Fsp3) is 0.300. The number of nitrogens with two attached hydrogens (primary N) is 1. The minimum absolute atomic E-state index is 0.0312. The summed E-state index contributed by atoms with van der Waals surface area (Å²) in [6.07, 6.45) is 1.73. The fourth-order valence-electron chi connectivity index (χ4n) is 1.24. The zero-order chi connectivity index (χ0) is 12.4. The van der Waals surface area contributed by atoms with Gasteiger partial charge in [0.05, 0.1) is 0 Å². The van der Waals surface area contributed by atoms with Crippen LogP contribution in [0.2, 0.25) is 0 Å². The lowest BCUT2D eigenvalue weighted by molar-refractivity contribution is 0.764. The summed E-state index contributed by atoms with van der Waals surface area (Å²) >= 11 is 1.32. The third-order valence-corrected chi connectivity index (χ3v) is 3.32. The Bertz CT molecular complexity index is 557. The van der Waals surface area contributed by atoms with Gasteiger partial charge in [0.25, 0.3) is 0 Å². The molecule has 0 fully saturated rings. The molecule has 7 heteroatoms. The largest absolute Gasteiger partial charge is 0.343 e. The lowest BCUT2D eigenvalue weighted by Crippen LogP contribution is -2.12. The van der Waals surface area contributed by atoms with Crippen molar-refractivity contribution in [3.05, 3.63) is 34.4 Å². The highest BCUT2D eigenvalue weighted by molar-refractivity contribution is 7.99. The maximum Gasteiger partial charge on any atom is 0.343 e. The van der Waals surface area contributed by atoms with Crippen molar-refractivity contribution in [2.75, 3.05) is 0 Å². The number of nitrogens with zero attached hydrogens (tertiary/aromatic N) is 3. The molecule has 0 unspecified atom stereocenters. The van der Waals surface area contributed by atoms with E-state index < -0.39 is 0 Å². The maximum absolute atomic E-state index is 11.2. The van der Waals surface area contributed by atoms with Crippen molar-refractivity contribution >= 4 is 11.8 Å². The van der Waals surface area contributed by atoms with Gasteiger partial charge in [0.2, 0.25) is 0 Å². The topological polar surface area (TPSA) is 89.6 Å². The number of H-pyrrole nitrogens is 1. The van der Waals surface area contributed by atoms with Crippen molar-refractivity contribution < 1.29 is 0 Å². The van der Waals surface area contributed by atoms with Gasteiger partial charge in [-0.05, 0) is 30.3 Å². The van der Waals surface area contributed by atoms with E-state index in [-0.39, 0.29) is 11.7 Å². The maximum atomic E-state index is 11.2. The smallest absolute Gasteiger partial charge is 0.324 e. The first kappa shape index (κ1) is 11.9. The Hall–Kier alpha value is -1.60. The molecule has 3 N–H and O–H groups in total. The molecule has 0 amide bonds. The molecule has 0 aliphatic heterocycles. The van der Waals surface area contributed by atoms with Gasteiger partial charge < -0.3 is 5.73 Å². The highest BCUT2D eigenvalue weighted by Gasteiger charge is 2.07. The van der Waals surface area contributed by atoms with E-state index in [1.165, 1.54) is 16.3 Å². The Morgan fingerprint density at radius 2 is 2.29 bits per heavy atom. The second kappa shape index (κ2) is 4.72. The number of hydrogen-bond donors (Lipinski definition) is 2. The molecule has 0 bridgehead atoms. The Kier molecular flexibility index (Phi) is 3.30. The first-order chi connectivity index (χ1) is 8.08. The summed E-state index contributed by atoms with van der Waals surface area (Å²) in [7, 11) is 1.66. The molecule has 0 saturated carbocycles. The third-order valence-electron chi connectivity index (χ3n) is 2.32. The van der Waals surface area contributed by atoms with Crippen molar-refractivity contribution in [3.63, 3.8) is 0 Å². The SMILES string of the molecule is C[C@@H](N)c1ccc(Sc2n[nH]c(=O)n2C)nc1. The molecule has 17 heavy (non-hydrogen) atoms. The molecule has 0 aliphatic rings. The molecule has 2 rings (SSSR count).